The van der Waals surface area contributed by atoms with Crippen LogP contribution < -0.4 is 16.0 Å². The van der Waals surface area contributed by atoms with E-state index in [2.05, 4.69) is 33.1 Å². The number of guanidine groups is 1. The number of benzene rings is 2. The molecule has 0 saturated carbocycles. The van der Waals surface area contributed by atoms with Crippen molar-refractivity contribution >= 4 is 17.7 Å². The highest BCUT2D eigenvalue weighted by Gasteiger charge is 2.05. The van der Waals surface area contributed by atoms with E-state index >= 15 is 0 Å². The number of hydrogen-bond donors (Lipinski definition) is 3. The number of carbonyl (C=O) groups is 1. The summed E-state index contributed by atoms with van der Waals surface area (Å²) in [5, 5.41) is 8.99. The first-order valence-electron chi connectivity index (χ1n) is 9.10. The molecule has 2 rings (SSSR count). The first kappa shape index (κ1) is 20.3. The van der Waals surface area contributed by atoms with Crippen LogP contribution in [-0.4, -0.2) is 37.0 Å². The minimum absolute atomic E-state index is 0.105. The SMILES string of the molecule is CC(C)NC(=O)Nc1ccc(CNC(=NCc2ccccc2)N(C)C)cc1. The largest absolute Gasteiger partial charge is 0.352 e. The molecular weight excluding hydrogens is 338 g/mol. The Balaban J connectivity index is 1.90. The molecule has 2 amide bonds. The minimum Gasteiger partial charge on any atom is -0.352 e. The third kappa shape index (κ3) is 7.40. The summed E-state index contributed by atoms with van der Waals surface area (Å²) in [7, 11) is 3.94. The van der Waals surface area contributed by atoms with Crippen LogP contribution in [0.1, 0.15) is 25.0 Å². The van der Waals surface area contributed by atoms with E-state index in [4.69, 9.17) is 0 Å². The summed E-state index contributed by atoms with van der Waals surface area (Å²) in [6, 6.07) is 17.9. The normalized spacial score (nSPS) is 11.2. The van der Waals surface area contributed by atoms with E-state index in [1.165, 1.54) is 5.56 Å². The molecule has 2 aromatic carbocycles. The molecule has 0 aliphatic rings. The summed E-state index contributed by atoms with van der Waals surface area (Å²) in [6.45, 7) is 5.14. The number of nitrogens with one attached hydrogen (secondary N) is 3. The van der Waals surface area contributed by atoms with E-state index in [-0.39, 0.29) is 12.1 Å². The van der Waals surface area contributed by atoms with Crippen molar-refractivity contribution in [2.45, 2.75) is 33.0 Å². The third-order valence-electron chi connectivity index (χ3n) is 3.76. The molecule has 0 saturated heterocycles. The highest BCUT2D eigenvalue weighted by molar-refractivity contribution is 5.89. The van der Waals surface area contributed by atoms with Gasteiger partial charge in [-0.3, -0.25) is 0 Å². The van der Waals surface area contributed by atoms with Crippen molar-refractivity contribution in [1.82, 2.24) is 15.5 Å². The van der Waals surface area contributed by atoms with E-state index in [9.17, 15) is 4.79 Å². The summed E-state index contributed by atoms with van der Waals surface area (Å²) >= 11 is 0. The lowest BCUT2D eigenvalue weighted by Gasteiger charge is -2.18. The number of anilines is 1. The maximum atomic E-state index is 11.7. The van der Waals surface area contributed by atoms with Crippen LogP contribution in [-0.2, 0) is 13.1 Å². The Bertz CT molecular complexity index is 739. The van der Waals surface area contributed by atoms with Crippen LogP contribution in [0.15, 0.2) is 59.6 Å². The summed E-state index contributed by atoms with van der Waals surface area (Å²) in [5.41, 5.74) is 3.05. The van der Waals surface area contributed by atoms with Crippen LogP contribution in [0.2, 0.25) is 0 Å². The second-order valence-electron chi connectivity index (χ2n) is 6.82. The zero-order chi connectivity index (χ0) is 19.6. The van der Waals surface area contributed by atoms with Gasteiger partial charge in [0.1, 0.15) is 0 Å². The molecule has 0 heterocycles. The Morgan fingerprint density at radius 1 is 1.00 bits per heavy atom. The molecule has 3 N–H and O–H groups in total. The summed E-state index contributed by atoms with van der Waals surface area (Å²) in [6.07, 6.45) is 0. The second kappa shape index (κ2) is 10.2. The van der Waals surface area contributed by atoms with Gasteiger partial charge in [-0.15, -0.1) is 0 Å². The molecule has 0 fully saturated rings. The van der Waals surface area contributed by atoms with E-state index in [0.717, 1.165) is 17.2 Å². The fourth-order valence-corrected chi connectivity index (χ4v) is 2.42. The number of hydrogen-bond acceptors (Lipinski definition) is 2. The first-order chi connectivity index (χ1) is 12.9. The van der Waals surface area contributed by atoms with Crippen molar-refractivity contribution < 1.29 is 4.79 Å². The number of urea groups is 1. The molecule has 6 heteroatoms. The molecule has 0 bridgehead atoms. The van der Waals surface area contributed by atoms with E-state index < -0.39 is 0 Å². The predicted octanol–water partition coefficient (Wildman–Crippen LogP) is 3.42. The zero-order valence-corrected chi connectivity index (χ0v) is 16.5. The molecule has 0 radical (unpaired) electrons. The molecule has 0 aliphatic carbocycles. The smallest absolute Gasteiger partial charge is 0.319 e. The lowest BCUT2D eigenvalue weighted by molar-refractivity contribution is 0.250. The Labute approximate surface area is 161 Å². The highest BCUT2D eigenvalue weighted by Crippen LogP contribution is 2.09. The molecule has 0 aliphatic heterocycles. The molecule has 27 heavy (non-hydrogen) atoms. The third-order valence-corrected chi connectivity index (χ3v) is 3.76. The van der Waals surface area contributed by atoms with Gasteiger partial charge >= 0.3 is 6.03 Å². The van der Waals surface area contributed by atoms with Crippen molar-refractivity contribution in [2.75, 3.05) is 19.4 Å². The lowest BCUT2D eigenvalue weighted by Crippen LogP contribution is -2.36. The van der Waals surface area contributed by atoms with Gasteiger partial charge in [-0.2, -0.15) is 0 Å². The van der Waals surface area contributed by atoms with Gasteiger partial charge in [-0.1, -0.05) is 42.5 Å². The van der Waals surface area contributed by atoms with Crippen molar-refractivity contribution in [3.05, 3.63) is 65.7 Å². The molecule has 144 valence electrons. The predicted molar refractivity (Wildman–Crippen MR) is 112 cm³/mol. The maximum absolute atomic E-state index is 11.7. The van der Waals surface area contributed by atoms with Crippen LogP contribution in [0.4, 0.5) is 10.5 Å². The van der Waals surface area contributed by atoms with Crippen molar-refractivity contribution in [2.24, 2.45) is 4.99 Å². The van der Waals surface area contributed by atoms with Crippen LogP contribution >= 0.6 is 0 Å². The molecule has 0 spiro atoms. The standard InChI is InChI=1S/C21H29N5O/c1-16(2)24-21(27)25-19-12-10-18(11-13-19)15-23-20(26(3)4)22-14-17-8-6-5-7-9-17/h5-13,16H,14-15H2,1-4H3,(H,22,23)(H2,24,25,27). The first-order valence-corrected chi connectivity index (χ1v) is 9.10. The van der Waals surface area contributed by atoms with Crippen molar-refractivity contribution in [3.63, 3.8) is 0 Å². The van der Waals surface area contributed by atoms with E-state index in [1.807, 2.05) is 75.3 Å². The monoisotopic (exact) mass is 367 g/mol. The van der Waals surface area contributed by atoms with Crippen LogP contribution in [0.25, 0.3) is 0 Å². The fourth-order valence-electron chi connectivity index (χ4n) is 2.42. The van der Waals surface area contributed by atoms with Gasteiger partial charge in [-0.25, -0.2) is 9.79 Å². The van der Waals surface area contributed by atoms with Gasteiger partial charge < -0.3 is 20.9 Å². The number of rotatable bonds is 6. The number of nitrogens with zero attached hydrogens (tertiary/aromatic N) is 2. The zero-order valence-electron chi connectivity index (χ0n) is 16.5. The summed E-state index contributed by atoms with van der Waals surface area (Å²) in [5.74, 6) is 0.831. The van der Waals surface area contributed by atoms with Gasteiger partial charge in [0.05, 0.1) is 6.54 Å². The van der Waals surface area contributed by atoms with Gasteiger partial charge in [0.25, 0.3) is 0 Å². The van der Waals surface area contributed by atoms with E-state index in [1.54, 1.807) is 0 Å². The summed E-state index contributed by atoms with van der Waals surface area (Å²) < 4.78 is 0. The number of aliphatic imine (C=N–C) groups is 1. The molecule has 0 aromatic heterocycles. The van der Waals surface area contributed by atoms with Gasteiger partial charge in [0.2, 0.25) is 0 Å². The Morgan fingerprint density at radius 2 is 1.67 bits per heavy atom. The Morgan fingerprint density at radius 3 is 2.26 bits per heavy atom. The van der Waals surface area contributed by atoms with E-state index in [0.29, 0.717) is 13.1 Å². The number of carbonyl (C=O) groups excluding carboxylic acids is 1. The highest BCUT2D eigenvalue weighted by atomic mass is 16.2. The maximum Gasteiger partial charge on any atom is 0.319 e. The quantitative estimate of drug-likeness (QED) is 0.541. The van der Waals surface area contributed by atoms with Gasteiger partial charge in [0.15, 0.2) is 5.96 Å². The fraction of sp³-hybridized carbons (Fsp3) is 0.333. The summed E-state index contributed by atoms with van der Waals surface area (Å²) in [4.78, 5) is 18.4. The second-order valence-corrected chi connectivity index (χ2v) is 6.82. The van der Waals surface area contributed by atoms with Gasteiger partial charge in [0, 0.05) is 32.4 Å². The average Bonchev–Trinajstić information content (AvgIpc) is 2.63. The molecule has 6 nitrogen and oxygen atoms in total. The number of amides is 2. The molecule has 2 aromatic rings. The Hall–Kier alpha value is -3.02. The molecule has 0 atom stereocenters. The molecule has 0 unspecified atom stereocenters. The topological polar surface area (TPSA) is 68.8 Å². The minimum atomic E-state index is -0.196. The van der Waals surface area contributed by atoms with Crippen LogP contribution in [0, 0.1) is 0 Å². The van der Waals surface area contributed by atoms with Crippen LogP contribution in [0.3, 0.4) is 0 Å². The lowest BCUT2D eigenvalue weighted by atomic mass is 10.2. The van der Waals surface area contributed by atoms with Gasteiger partial charge in [-0.05, 0) is 37.1 Å². The Kier molecular flexibility index (Phi) is 7.67. The van der Waals surface area contributed by atoms with Crippen LogP contribution in [0.5, 0.6) is 0 Å². The van der Waals surface area contributed by atoms with Crippen molar-refractivity contribution in [3.8, 4) is 0 Å². The molecular formula is C21H29N5O. The van der Waals surface area contributed by atoms with Crippen molar-refractivity contribution in [1.29, 1.82) is 0 Å². The average molecular weight is 367 g/mol.